The summed E-state index contributed by atoms with van der Waals surface area (Å²) in [6, 6.07) is 9.22. The molecule has 0 fully saturated rings. The van der Waals surface area contributed by atoms with Crippen LogP contribution in [-0.2, 0) is 17.8 Å². The Morgan fingerprint density at radius 3 is 2.47 bits per heavy atom. The number of benzene rings is 1. The maximum atomic E-state index is 13.0. The van der Waals surface area contributed by atoms with Crippen LogP contribution in [0.5, 0.6) is 5.75 Å². The van der Waals surface area contributed by atoms with Gasteiger partial charge in [-0.1, -0.05) is 30.3 Å². The van der Waals surface area contributed by atoms with E-state index >= 15 is 0 Å². The largest absolute Gasteiger partial charge is 0.501 e. The summed E-state index contributed by atoms with van der Waals surface area (Å²) in [5, 5.41) is 10.2. The SMILES string of the molecule is CC(=O)c1nc2n(c(=O)c1O)CCN(C(=O)OC(C)(C)C)C2CN(C)Cc1ccccc1. The molecule has 9 nitrogen and oxygen atoms in total. The van der Waals surface area contributed by atoms with Gasteiger partial charge >= 0.3 is 6.09 Å². The van der Waals surface area contributed by atoms with E-state index in [9.17, 15) is 19.5 Å². The van der Waals surface area contributed by atoms with Crippen LogP contribution in [-0.4, -0.2) is 62.1 Å². The van der Waals surface area contributed by atoms with Crippen molar-refractivity contribution in [1.29, 1.82) is 0 Å². The second kappa shape index (κ2) is 9.12. The summed E-state index contributed by atoms with van der Waals surface area (Å²) in [7, 11) is 1.91. The number of ketones is 1. The van der Waals surface area contributed by atoms with Crippen LogP contribution in [0.25, 0.3) is 0 Å². The predicted molar refractivity (Wildman–Crippen MR) is 119 cm³/mol. The topological polar surface area (TPSA) is 105 Å². The van der Waals surface area contributed by atoms with Gasteiger partial charge in [-0.05, 0) is 33.4 Å². The van der Waals surface area contributed by atoms with E-state index in [0.717, 1.165) is 5.56 Å². The van der Waals surface area contributed by atoms with Crippen molar-refractivity contribution in [2.75, 3.05) is 20.1 Å². The van der Waals surface area contributed by atoms with Crippen molar-refractivity contribution in [3.8, 4) is 5.75 Å². The number of likely N-dealkylation sites (N-methyl/N-ethyl adjacent to an activating group) is 1. The Balaban J connectivity index is 2.01. The molecule has 1 amide bonds. The monoisotopic (exact) mass is 442 g/mol. The van der Waals surface area contributed by atoms with E-state index in [1.165, 1.54) is 16.4 Å². The first-order valence-electron chi connectivity index (χ1n) is 10.5. The zero-order valence-electron chi connectivity index (χ0n) is 19.2. The molecule has 0 spiro atoms. The Bertz CT molecular complexity index is 1060. The second-order valence-corrected chi connectivity index (χ2v) is 9.05. The van der Waals surface area contributed by atoms with Crippen molar-refractivity contribution in [1.82, 2.24) is 19.4 Å². The normalized spacial score (nSPS) is 16.1. The fourth-order valence-corrected chi connectivity index (χ4v) is 3.75. The maximum absolute atomic E-state index is 13.0. The number of carbonyl (C=O) groups is 2. The number of fused-ring (bicyclic) bond motifs is 1. The summed E-state index contributed by atoms with van der Waals surface area (Å²) in [6.07, 6.45) is -0.520. The maximum Gasteiger partial charge on any atom is 0.411 e. The summed E-state index contributed by atoms with van der Waals surface area (Å²) in [5.74, 6) is -0.924. The quantitative estimate of drug-likeness (QED) is 0.710. The molecule has 0 saturated carbocycles. The Morgan fingerprint density at radius 1 is 1.22 bits per heavy atom. The first-order chi connectivity index (χ1) is 15.0. The number of aromatic nitrogens is 2. The van der Waals surface area contributed by atoms with Crippen LogP contribution in [0.3, 0.4) is 0 Å². The first-order valence-corrected chi connectivity index (χ1v) is 10.5. The molecule has 1 atom stereocenters. The van der Waals surface area contributed by atoms with E-state index in [-0.39, 0.29) is 24.6 Å². The van der Waals surface area contributed by atoms with Gasteiger partial charge in [-0.25, -0.2) is 9.78 Å². The van der Waals surface area contributed by atoms with Crippen molar-refractivity contribution in [3.05, 3.63) is 57.8 Å². The van der Waals surface area contributed by atoms with Gasteiger partial charge in [0.1, 0.15) is 17.5 Å². The number of aromatic hydroxyl groups is 1. The minimum Gasteiger partial charge on any atom is -0.501 e. The average molecular weight is 443 g/mol. The third kappa shape index (κ3) is 5.16. The van der Waals surface area contributed by atoms with Gasteiger partial charge in [0.15, 0.2) is 11.5 Å². The van der Waals surface area contributed by atoms with Crippen LogP contribution < -0.4 is 5.56 Å². The summed E-state index contributed by atoms with van der Waals surface area (Å²) in [4.78, 5) is 45.6. The van der Waals surface area contributed by atoms with Crippen molar-refractivity contribution >= 4 is 11.9 Å². The van der Waals surface area contributed by atoms with Gasteiger partial charge in [0, 0.05) is 33.1 Å². The van der Waals surface area contributed by atoms with Gasteiger partial charge in [-0.3, -0.25) is 24.0 Å². The minimum absolute atomic E-state index is 0.144. The fourth-order valence-electron chi connectivity index (χ4n) is 3.75. The number of hydrogen-bond donors (Lipinski definition) is 1. The van der Waals surface area contributed by atoms with E-state index in [1.807, 2.05) is 42.3 Å². The number of Topliss-reactive ketones (excluding diaryl/α,β-unsaturated/α-hetero) is 1. The third-order valence-corrected chi connectivity index (χ3v) is 5.16. The van der Waals surface area contributed by atoms with E-state index in [4.69, 9.17) is 4.74 Å². The number of rotatable bonds is 5. The Morgan fingerprint density at radius 2 is 1.88 bits per heavy atom. The summed E-state index contributed by atoms with van der Waals surface area (Å²) >= 11 is 0. The molecule has 3 rings (SSSR count). The summed E-state index contributed by atoms with van der Waals surface area (Å²) < 4.78 is 6.93. The molecule has 1 aromatic carbocycles. The highest BCUT2D eigenvalue weighted by Gasteiger charge is 2.37. The summed E-state index contributed by atoms with van der Waals surface area (Å²) in [6.45, 7) is 7.92. The molecule has 2 aromatic rings. The lowest BCUT2D eigenvalue weighted by atomic mass is 10.1. The first kappa shape index (κ1) is 23.5. The molecule has 172 valence electrons. The lowest BCUT2D eigenvalue weighted by Gasteiger charge is -2.39. The third-order valence-electron chi connectivity index (χ3n) is 5.16. The average Bonchev–Trinajstić information content (AvgIpc) is 2.70. The van der Waals surface area contributed by atoms with Crippen LogP contribution >= 0.6 is 0 Å². The number of carbonyl (C=O) groups excluding carboxylic acids is 2. The molecular weight excluding hydrogens is 412 g/mol. The van der Waals surface area contributed by atoms with E-state index in [1.54, 1.807) is 20.8 Å². The molecular formula is C23H30N4O5. The van der Waals surface area contributed by atoms with Gasteiger partial charge in [-0.2, -0.15) is 0 Å². The highest BCUT2D eigenvalue weighted by atomic mass is 16.6. The van der Waals surface area contributed by atoms with Crippen molar-refractivity contribution in [2.24, 2.45) is 0 Å². The number of nitrogens with zero attached hydrogens (tertiary/aromatic N) is 4. The van der Waals surface area contributed by atoms with Crippen molar-refractivity contribution in [2.45, 2.75) is 52.4 Å². The van der Waals surface area contributed by atoms with Gasteiger partial charge in [0.25, 0.3) is 5.56 Å². The van der Waals surface area contributed by atoms with Crippen molar-refractivity contribution in [3.63, 3.8) is 0 Å². The summed E-state index contributed by atoms with van der Waals surface area (Å²) in [5.41, 5.74) is -0.570. The number of ether oxygens (including phenoxy) is 1. The van der Waals surface area contributed by atoms with Gasteiger partial charge < -0.3 is 9.84 Å². The highest BCUT2D eigenvalue weighted by molar-refractivity contribution is 5.94. The zero-order valence-corrected chi connectivity index (χ0v) is 19.2. The molecule has 1 N–H and O–H groups in total. The molecule has 2 heterocycles. The molecule has 0 bridgehead atoms. The van der Waals surface area contributed by atoms with Gasteiger partial charge in [0.2, 0.25) is 5.75 Å². The highest BCUT2D eigenvalue weighted by Crippen LogP contribution is 2.28. The Kier molecular flexibility index (Phi) is 6.68. The fraction of sp³-hybridized carbons (Fsp3) is 0.478. The Hall–Kier alpha value is -3.20. The van der Waals surface area contributed by atoms with Crippen molar-refractivity contribution < 1.29 is 19.4 Å². The predicted octanol–water partition coefficient (Wildman–Crippen LogP) is 2.58. The lowest BCUT2D eigenvalue weighted by Crippen LogP contribution is -2.50. The molecule has 1 aliphatic heterocycles. The molecule has 1 aromatic heterocycles. The number of amides is 1. The number of hydrogen-bond acceptors (Lipinski definition) is 7. The Labute approximate surface area is 187 Å². The van der Waals surface area contributed by atoms with E-state index < -0.39 is 34.8 Å². The van der Waals surface area contributed by atoms with E-state index in [0.29, 0.717) is 13.1 Å². The molecule has 32 heavy (non-hydrogen) atoms. The smallest absolute Gasteiger partial charge is 0.411 e. The van der Waals surface area contributed by atoms with E-state index in [2.05, 4.69) is 4.98 Å². The molecule has 0 saturated heterocycles. The molecule has 9 heteroatoms. The second-order valence-electron chi connectivity index (χ2n) is 9.05. The van der Waals surface area contributed by atoms with Crippen LogP contribution in [0, 0.1) is 0 Å². The standard InChI is InChI=1S/C23H30N4O5/c1-15(28)18-19(29)21(30)27-12-11-26(22(31)32-23(2,3)4)17(20(27)24-18)14-25(5)13-16-9-7-6-8-10-16/h6-10,17,29H,11-14H2,1-5H3. The molecule has 0 radical (unpaired) electrons. The lowest BCUT2D eigenvalue weighted by molar-refractivity contribution is 0.00519. The molecule has 0 aliphatic carbocycles. The minimum atomic E-state index is -0.693. The molecule has 1 unspecified atom stereocenters. The van der Waals surface area contributed by atoms with Gasteiger partial charge in [0.05, 0.1) is 0 Å². The van der Waals surface area contributed by atoms with Gasteiger partial charge in [-0.15, -0.1) is 0 Å². The van der Waals surface area contributed by atoms with Crippen LogP contribution in [0.2, 0.25) is 0 Å². The van der Waals surface area contributed by atoms with Crippen LogP contribution in [0.15, 0.2) is 35.1 Å². The van der Waals surface area contributed by atoms with Crippen LogP contribution in [0.1, 0.15) is 55.6 Å². The molecule has 1 aliphatic rings. The van der Waals surface area contributed by atoms with Crippen LogP contribution in [0.4, 0.5) is 4.79 Å². The zero-order chi connectivity index (χ0) is 23.6.